The molecule has 192 valence electrons. The van der Waals surface area contributed by atoms with Crippen molar-refractivity contribution in [1.82, 2.24) is 10.2 Å². The average molecular weight is 557 g/mol. The lowest BCUT2D eigenvalue weighted by Crippen LogP contribution is -2.38. The first-order valence-electron chi connectivity index (χ1n) is 11.0. The van der Waals surface area contributed by atoms with Crippen LogP contribution in [0.4, 0.5) is 10.8 Å². The Kier molecular flexibility index (Phi) is 8.64. The SMILES string of the molecule is COc1ccc(S(=O)(=O)N(CC(=O)Nc2nnc(SCc3ccccc3)s2)c2ccccc2)cc1OC. The zero-order valence-electron chi connectivity index (χ0n) is 20.0. The van der Waals surface area contributed by atoms with Crippen LogP contribution in [0.1, 0.15) is 5.56 Å². The lowest BCUT2D eigenvalue weighted by molar-refractivity contribution is -0.114. The molecule has 0 aliphatic heterocycles. The summed E-state index contributed by atoms with van der Waals surface area (Å²) in [6.07, 6.45) is 0. The number of nitrogens with zero attached hydrogens (tertiary/aromatic N) is 3. The molecule has 0 atom stereocenters. The standard InChI is InChI=1S/C25H24N4O5S3/c1-33-21-14-13-20(15-22(21)34-2)37(31,32)29(19-11-7-4-8-12-19)16-23(30)26-24-27-28-25(36-24)35-17-18-9-5-3-6-10-18/h3-15H,16-17H2,1-2H3,(H,26,27,30). The van der Waals surface area contributed by atoms with Crippen LogP contribution in [0, 0.1) is 0 Å². The monoisotopic (exact) mass is 556 g/mol. The highest BCUT2D eigenvalue weighted by atomic mass is 32.2. The summed E-state index contributed by atoms with van der Waals surface area (Å²) in [6.45, 7) is -0.466. The fourth-order valence-corrected chi connectivity index (χ4v) is 6.50. The molecule has 0 unspecified atom stereocenters. The molecule has 3 aromatic carbocycles. The number of benzene rings is 3. The quantitative estimate of drug-likeness (QED) is 0.209. The number of carbonyl (C=O) groups excluding carboxylic acids is 1. The molecule has 37 heavy (non-hydrogen) atoms. The van der Waals surface area contributed by atoms with Crippen molar-refractivity contribution in [3.8, 4) is 11.5 Å². The van der Waals surface area contributed by atoms with Crippen LogP contribution in [0.2, 0.25) is 0 Å². The number of thioether (sulfide) groups is 1. The summed E-state index contributed by atoms with van der Waals surface area (Å²) in [5.74, 6) is 0.816. The lowest BCUT2D eigenvalue weighted by Gasteiger charge is -2.24. The summed E-state index contributed by atoms with van der Waals surface area (Å²) in [4.78, 5) is 12.9. The van der Waals surface area contributed by atoms with E-state index in [-0.39, 0.29) is 15.8 Å². The fourth-order valence-electron chi connectivity index (χ4n) is 3.34. The van der Waals surface area contributed by atoms with E-state index in [1.807, 2.05) is 30.3 Å². The molecule has 0 fully saturated rings. The van der Waals surface area contributed by atoms with Crippen LogP contribution >= 0.6 is 23.1 Å². The topological polar surface area (TPSA) is 111 Å². The van der Waals surface area contributed by atoms with Gasteiger partial charge in [0.15, 0.2) is 15.8 Å². The molecule has 0 radical (unpaired) electrons. The Morgan fingerprint density at radius 2 is 1.62 bits per heavy atom. The van der Waals surface area contributed by atoms with Crippen molar-refractivity contribution in [2.24, 2.45) is 0 Å². The van der Waals surface area contributed by atoms with E-state index < -0.39 is 22.5 Å². The van der Waals surface area contributed by atoms with Crippen molar-refractivity contribution < 1.29 is 22.7 Å². The first kappa shape index (κ1) is 26.5. The number of amides is 1. The minimum atomic E-state index is -4.13. The molecule has 9 nitrogen and oxygen atoms in total. The van der Waals surface area contributed by atoms with Gasteiger partial charge < -0.3 is 9.47 Å². The number of carbonyl (C=O) groups is 1. The van der Waals surface area contributed by atoms with Crippen LogP contribution in [0.3, 0.4) is 0 Å². The Hall–Kier alpha value is -3.61. The number of hydrogen-bond acceptors (Lipinski definition) is 9. The zero-order chi connectivity index (χ0) is 26.3. The van der Waals surface area contributed by atoms with E-state index in [1.165, 1.54) is 55.5 Å². The molecule has 1 amide bonds. The third kappa shape index (κ3) is 6.59. The Morgan fingerprint density at radius 1 is 0.946 bits per heavy atom. The van der Waals surface area contributed by atoms with Crippen molar-refractivity contribution in [1.29, 1.82) is 0 Å². The fraction of sp³-hybridized carbons (Fsp3) is 0.160. The molecule has 1 aromatic heterocycles. The van der Waals surface area contributed by atoms with E-state index in [2.05, 4.69) is 15.5 Å². The van der Waals surface area contributed by atoms with Crippen LogP contribution in [-0.4, -0.2) is 45.3 Å². The number of sulfonamides is 1. The second-order valence-corrected chi connectivity index (χ2v) is 11.6. The van der Waals surface area contributed by atoms with E-state index in [9.17, 15) is 13.2 Å². The Bertz CT molecular complexity index is 1450. The molecule has 0 saturated heterocycles. The lowest BCUT2D eigenvalue weighted by atomic mass is 10.2. The van der Waals surface area contributed by atoms with Crippen molar-refractivity contribution in [3.63, 3.8) is 0 Å². The van der Waals surface area contributed by atoms with Gasteiger partial charge in [-0.1, -0.05) is 71.6 Å². The molecule has 0 aliphatic carbocycles. The minimum absolute atomic E-state index is 0.0442. The number of rotatable bonds is 11. The predicted octanol–water partition coefficient (Wildman–Crippen LogP) is 4.68. The molecular formula is C25H24N4O5S3. The summed E-state index contributed by atoms with van der Waals surface area (Å²) in [5, 5.41) is 11.1. The highest BCUT2D eigenvalue weighted by Gasteiger charge is 2.28. The maximum atomic E-state index is 13.6. The number of ether oxygens (including phenoxy) is 2. The Morgan fingerprint density at radius 3 is 2.30 bits per heavy atom. The molecular weight excluding hydrogens is 532 g/mol. The second-order valence-electron chi connectivity index (χ2n) is 7.56. The van der Waals surface area contributed by atoms with E-state index in [4.69, 9.17) is 9.47 Å². The van der Waals surface area contributed by atoms with E-state index in [1.54, 1.807) is 30.3 Å². The summed E-state index contributed by atoms with van der Waals surface area (Å²) < 4.78 is 39.5. The van der Waals surface area contributed by atoms with Gasteiger partial charge in [0, 0.05) is 11.8 Å². The van der Waals surface area contributed by atoms with Crippen molar-refractivity contribution in [2.75, 3.05) is 30.4 Å². The number of hydrogen-bond donors (Lipinski definition) is 1. The number of nitrogens with one attached hydrogen (secondary N) is 1. The summed E-state index contributed by atoms with van der Waals surface area (Å²) in [6, 6.07) is 22.6. The maximum Gasteiger partial charge on any atom is 0.264 e. The van der Waals surface area contributed by atoms with Crippen molar-refractivity contribution in [3.05, 3.63) is 84.4 Å². The van der Waals surface area contributed by atoms with Gasteiger partial charge in [-0.25, -0.2) is 8.42 Å². The molecule has 0 saturated carbocycles. The van der Waals surface area contributed by atoms with Crippen LogP contribution in [0.15, 0.2) is 88.1 Å². The number of para-hydroxylation sites is 1. The largest absolute Gasteiger partial charge is 0.493 e. The molecule has 0 aliphatic rings. The first-order valence-corrected chi connectivity index (χ1v) is 14.2. The van der Waals surface area contributed by atoms with Gasteiger partial charge in [-0.15, -0.1) is 10.2 Å². The zero-order valence-corrected chi connectivity index (χ0v) is 22.5. The van der Waals surface area contributed by atoms with E-state index in [0.29, 0.717) is 15.8 Å². The molecule has 0 bridgehead atoms. The van der Waals surface area contributed by atoms with Gasteiger partial charge >= 0.3 is 0 Å². The third-order valence-corrected chi connectivity index (χ3v) is 8.95. The summed E-state index contributed by atoms with van der Waals surface area (Å²) in [5.41, 5.74) is 1.48. The molecule has 0 spiro atoms. The Labute approximate surface area is 223 Å². The molecule has 12 heteroatoms. The second kappa shape index (κ2) is 12.1. The first-order chi connectivity index (χ1) is 17.9. The van der Waals surface area contributed by atoms with Gasteiger partial charge in [0.2, 0.25) is 11.0 Å². The van der Waals surface area contributed by atoms with Crippen LogP contribution in [-0.2, 0) is 20.6 Å². The highest BCUT2D eigenvalue weighted by molar-refractivity contribution is 8.00. The van der Waals surface area contributed by atoms with Crippen LogP contribution in [0.5, 0.6) is 11.5 Å². The number of aromatic nitrogens is 2. The normalized spacial score (nSPS) is 11.1. The van der Waals surface area contributed by atoms with Crippen LogP contribution < -0.4 is 19.1 Å². The van der Waals surface area contributed by atoms with E-state index in [0.717, 1.165) is 15.6 Å². The minimum Gasteiger partial charge on any atom is -0.493 e. The molecule has 4 rings (SSSR count). The Balaban J connectivity index is 1.51. The average Bonchev–Trinajstić information content (AvgIpc) is 3.38. The number of methoxy groups -OCH3 is 2. The van der Waals surface area contributed by atoms with Gasteiger partial charge in [-0.3, -0.25) is 14.4 Å². The van der Waals surface area contributed by atoms with Crippen molar-refractivity contribution in [2.45, 2.75) is 15.0 Å². The smallest absolute Gasteiger partial charge is 0.264 e. The summed E-state index contributed by atoms with van der Waals surface area (Å²) in [7, 11) is -1.25. The van der Waals surface area contributed by atoms with E-state index >= 15 is 0 Å². The maximum absolute atomic E-state index is 13.6. The van der Waals surface area contributed by atoms with Crippen molar-refractivity contribution >= 4 is 49.8 Å². The number of anilines is 2. The molecule has 1 N–H and O–H groups in total. The third-order valence-electron chi connectivity index (χ3n) is 5.13. The highest BCUT2D eigenvalue weighted by Crippen LogP contribution is 2.32. The predicted molar refractivity (Wildman–Crippen MR) is 145 cm³/mol. The van der Waals surface area contributed by atoms with Gasteiger partial charge in [0.05, 0.1) is 24.8 Å². The molecule has 4 aromatic rings. The van der Waals surface area contributed by atoms with Gasteiger partial charge in [0.25, 0.3) is 10.0 Å². The molecule has 1 heterocycles. The van der Waals surface area contributed by atoms with Gasteiger partial charge in [-0.05, 0) is 29.8 Å². The van der Waals surface area contributed by atoms with Gasteiger partial charge in [-0.2, -0.15) is 0 Å². The van der Waals surface area contributed by atoms with Crippen LogP contribution in [0.25, 0.3) is 0 Å². The summed E-state index contributed by atoms with van der Waals surface area (Å²) >= 11 is 2.73. The van der Waals surface area contributed by atoms with Gasteiger partial charge in [0.1, 0.15) is 6.54 Å².